The maximum absolute atomic E-state index is 12.4. The van der Waals surface area contributed by atoms with E-state index in [0.717, 1.165) is 16.5 Å². The van der Waals surface area contributed by atoms with E-state index in [1.54, 1.807) is 11.8 Å². The molecule has 0 spiro atoms. The zero-order chi connectivity index (χ0) is 14.7. The Morgan fingerprint density at radius 1 is 1.10 bits per heavy atom. The smallest absolute Gasteiger partial charge is 0.174 e. The maximum atomic E-state index is 12.4. The van der Waals surface area contributed by atoms with Crippen molar-refractivity contribution in [2.75, 3.05) is 5.75 Å². The van der Waals surface area contributed by atoms with Crippen molar-refractivity contribution in [1.82, 2.24) is 4.98 Å². The van der Waals surface area contributed by atoms with Crippen LogP contribution in [0.2, 0.25) is 0 Å². The van der Waals surface area contributed by atoms with Gasteiger partial charge in [-0.15, -0.1) is 11.8 Å². The molecule has 106 valence electrons. The molecule has 3 rings (SSSR count). The molecule has 1 aromatic heterocycles. The van der Waals surface area contributed by atoms with Gasteiger partial charge in [-0.25, -0.2) is 0 Å². The molecule has 0 aliphatic rings. The van der Waals surface area contributed by atoms with Gasteiger partial charge in [0.2, 0.25) is 0 Å². The molecule has 0 bridgehead atoms. The summed E-state index contributed by atoms with van der Waals surface area (Å²) < 4.78 is 0. The van der Waals surface area contributed by atoms with Gasteiger partial charge in [0, 0.05) is 27.9 Å². The van der Waals surface area contributed by atoms with E-state index in [1.807, 2.05) is 48.7 Å². The van der Waals surface area contributed by atoms with Crippen molar-refractivity contribution in [2.45, 2.75) is 12.2 Å². The number of hydrogen-bond donors (Lipinski definition) is 1. The summed E-state index contributed by atoms with van der Waals surface area (Å²) in [6.45, 7) is 2.14. The Morgan fingerprint density at radius 2 is 1.81 bits per heavy atom. The number of carbonyl (C=O) groups is 1. The second-order valence-electron chi connectivity index (χ2n) is 5.04. The lowest BCUT2D eigenvalue weighted by atomic mass is 10.1. The first-order chi connectivity index (χ1) is 10.3. The standard InChI is InChI=1S/C18H17NOS/c1-13(14-7-3-2-4-8-14)21-12-18(20)16-11-19-17-10-6-5-9-15(16)17/h2-11,13,19H,12H2,1H3. The molecule has 21 heavy (non-hydrogen) atoms. The van der Waals surface area contributed by atoms with Crippen molar-refractivity contribution in [1.29, 1.82) is 0 Å². The van der Waals surface area contributed by atoms with E-state index in [-0.39, 0.29) is 5.78 Å². The highest BCUT2D eigenvalue weighted by molar-refractivity contribution is 8.00. The van der Waals surface area contributed by atoms with Crippen molar-refractivity contribution in [2.24, 2.45) is 0 Å². The molecule has 3 aromatic rings. The zero-order valence-electron chi connectivity index (χ0n) is 11.9. The maximum Gasteiger partial charge on any atom is 0.174 e. The lowest BCUT2D eigenvalue weighted by molar-refractivity contribution is 0.102. The molecular formula is C18H17NOS. The van der Waals surface area contributed by atoms with Crippen molar-refractivity contribution >= 4 is 28.4 Å². The first-order valence-electron chi connectivity index (χ1n) is 7.01. The summed E-state index contributed by atoms with van der Waals surface area (Å²) in [7, 11) is 0. The first-order valence-corrected chi connectivity index (χ1v) is 8.06. The number of thioether (sulfide) groups is 1. The van der Waals surface area contributed by atoms with Crippen LogP contribution in [0.15, 0.2) is 60.8 Å². The third-order valence-corrected chi connectivity index (χ3v) is 4.82. The molecule has 2 aromatic carbocycles. The minimum atomic E-state index is 0.181. The lowest BCUT2D eigenvalue weighted by Crippen LogP contribution is -2.03. The topological polar surface area (TPSA) is 32.9 Å². The van der Waals surface area contributed by atoms with E-state index < -0.39 is 0 Å². The largest absolute Gasteiger partial charge is 0.360 e. The van der Waals surface area contributed by atoms with Gasteiger partial charge >= 0.3 is 0 Å². The molecular weight excluding hydrogens is 278 g/mol. The van der Waals surface area contributed by atoms with Crippen LogP contribution >= 0.6 is 11.8 Å². The van der Waals surface area contributed by atoms with E-state index in [9.17, 15) is 4.79 Å². The van der Waals surface area contributed by atoms with E-state index in [2.05, 4.69) is 24.0 Å². The quantitative estimate of drug-likeness (QED) is 0.683. The van der Waals surface area contributed by atoms with Crippen molar-refractivity contribution in [3.63, 3.8) is 0 Å². The minimum Gasteiger partial charge on any atom is -0.360 e. The number of fused-ring (bicyclic) bond motifs is 1. The normalized spacial score (nSPS) is 12.4. The lowest BCUT2D eigenvalue weighted by Gasteiger charge is -2.10. The highest BCUT2D eigenvalue weighted by Gasteiger charge is 2.14. The summed E-state index contributed by atoms with van der Waals surface area (Å²) in [6.07, 6.45) is 1.82. The number of nitrogens with one attached hydrogen (secondary N) is 1. The van der Waals surface area contributed by atoms with Crippen LogP contribution in [-0.4, -0.2) is 16.5 Å². The van der Waals surface area contributed by atoms with Gasteiger partial charge in [0.25, 0.3) is 0 Å². The number of Topliss-reactive ketones (excluding diaryl/α,β-unsaturated/α-hetero) is 1. The van der Waals surface area contributed by atoms with Crippen LogP contribution in [0.4, 0.5) is 0 Å². The summed E-state index contributed by atoms with van der Waals surface area (Å²) >= 11 is 1.68. The number of carbonyl (C=O) groups excluding carboxylic acids is 1. The molecule has 2 nitrogen and oxygen atoms in total. The predicted octanol–water partition coefficient (Wildman–Crippen LogP) is 4.85. The number of aromatic amines is 1. The fourth-order valence-corrected chi connectivity index (χ4v) is 3.31. The molecule has 0 saturated carbocycles. The molecule has 1 unspecified atom stereocenters. The minimum absolute atomic E-state index is 0.181. The van der Waals surface area contributed by atoms with Gasteiger partial charge in [0.15, 0.2) is 5.78 Å². The van der Waals surface area contributed by atoms with Crippen LogP contribution < -0.4 is 0 Å². The van der Waals surface area contributed by atoms with Crippen LogP contribution in [-0.2, 0) is 0 Å². The van der Waals surface area contributed by atoms with Gasteiger partial charge in [-0.2, -0.15) is 0 Å². The van der Waals surface area contributed by atoms with Crippen LogP contribution in [0.25, 0.3) is 10.9 Å². The third kappa shape index (κ3) is 3.03. The van der Waals surface area contributed by atoms with Crippen molar-refractivity contribution < 1.29 is 4.79 Å². The number of para-hydroxylation sites is 1. The molecule has 1 N–H and O–H groups in total. The molecule has 0 fully saturated rings. The van der Waals surface area contributed by atoms with Gasteiger partial charge in [-0.1, -0.05) is 48.5 Å². The van der Waals surface area contributed by atoms with Crippen molar-refractivity contribution in [3.05, 3.63) is 71.9 Å². The number of hydrogen-bond acceptors (Lipinski definition) is 2. The molecule has 0 amide bonds. The summed E-state index contributed by atoms with van der Waals surface area (Å²) in [5, 5.41) is 1.33. The fourth-order valence-electron chi connectivity index (χ4n) is 2.40. The molecule has 1 atom stereocenters. The SMILES string of the molecule is CC(SCC(=O)c1c[nH]c2ccccc12)c1ccccc1. The fraction of sp³-hybridized carbons (Fsp3) is 0.167. The van der Waals surface area contributed by atoms with Gasteiger partial charge in [-0.3, -0.25) is 4.79 Å². The highest BCUT2D eigenvalue weighted by Crippen LogP contribution is 2.29. The molecule has 0 saturated heterocycles. The summed E-state index contributed by atoms with van der Waals surface area (Å²) in [5.41, 5.74) is 3.06. The summed E-state index contributed by atoms with van der Waals surface area (Å²) in [4.78, 5) is 15.6. The molecule has 0 radical (unpaired) electrons. The number of aromatic nitrogens is 1. The Morgan fingerprint density at radius 3 is 2.62 bits per heavy atom. The van der Waals surface area contributed by atoms with E-state index in [0.29, 0.717) is 11.0 Å². The van der Waals surface area contributed by atoms with Gasteiger partial charge in [0.1, 0.15) is 0 Å². The Labute approximate surface area is 128 Å². The van der Waals surface area contributed by atoms with Crippen LogP contribution in [0.5, 0.6) is 0 Å². The number of ketones is 1. The molecule has 0 aliphatic heterocycles. The monoisotopic (exact) mass is 295 g/mol. The zero-order valence-corrected chi connectivity index (χ0v) is 12.7. The second-order valence-corrected chi connectivity index (χ2v) is 6.36. The van der Waals surface area contributed by atoms with Crippen molar-refractivity contribution in [3.8, 4) is 0 Å². The number of H-pyrrole nitrogens is 1. The first kappa shape index (κ1) is 14.0. The average molecular weight is 295 g/mol. The third-order valence-electron chi connectivity index (χ3n) is 3.62. The van der Waals surface area contributed by atoms with Crippen LogP contribution in [0.1, 0.15) is 28.1 Å². The van der Waals surface area contributed by atoms with Crippen LogP contribution in [0.3, 0.4) is 0 Å². The van der Waals surface area contributed by atoms with Gasteiger partial charge in [-0.05, 0) is 18.6 Å². The van der Waals surface area contributed by atoms with Gasteiger partial charge in [0.05, 0.1) is 5.75 Å². The Balaban J connectivity index is 1.70. The molecule has 1 heterocycles. The van der Waals surface area contributed by atoms with Gasteiger partial charge < -0.3 is 4.98 Å². The average Bonchev–Trinajstić information content (AvgIpc) is 2.97. The van der Waals surface area contributed by atoms with E-state index >= 15 is 0 Å². The molecule has 0 aliphatic carbocycles. The summed E-state index contributed by atoms with van der Waals surface area (Å²) in [6, 6.07) is 18.2. The number of rotatable bonds is 5. The molecule has 3 heteroatoms. The van der Waals surface area contributed by atoms with Crippen LogP contribution in [0, 0.1) is 0 Å². The highest BCUT2D eigenvalue weighted by atomic mass is 32.2. The predicted molar refractivity (Wildman–Crippen MR) is 89.9 cm³/mol. The Hall–Kier alpha value is -2.00. The van der Waals surface area contributed by atoms with E-state index in [4.69, 9.17) is 0 Å². The van der Waals surface area contributed by atoms with E-state index in [1.165, 1.54) is 5.56 Å². The second kappa shape index (κ2) is 6.19. The summed E-state index contributed by atoms with van der Waals surface area (Å²) in [5.74, 6) is 0.679. The Bertz CT molecular complexity index is 748. The Kier molecular flexibility index (Phi) is 4.11. The number of benzene rings is 2.